The van der Waals surface area contributed by atoms with E-state index < -0.39 is 41.8 Å². The first kappa shape index (κ1) is 17.2. The van der Waals surface area contributed by atoms with Gasteiger partial charge in [-0.3, -0.25) is 0 Å². The lowest BCUT2D eigenvalue weighted by Gasteiger charge is -2.32. The highest BCUT2D eigenvalue weighted by molar-refractivity contribution is 6.47. The second-order valence-corrected chi connectivity index (χ2v) is 6.38. The molecule has 2 N–H and O–H groups in total. The largest absolute Gasteiger partial charge is 0.480 e. The van der Waals surface area contributed by atoms with Crippen LogP contribution in [0.2, 0.25) is 0 Å². The van der Waals surface area contributed by atoms with E-state index in [0.29, 0.717) is 6.07 Å². The molecule has 3 nitrogen and oxygen atoms in total. The lowest BCUT2D eigenvalue weighted by molar-refractivity contribution is -0.137. The number of nitrogens with two attached hydrogens (primary N) is 1. The molecule has 0 spiro atoms. The maximum absolute atomic E-state index is 14.0. The van der Waals surface area contributed by atoms with E-state index in [4.69, 9.17) is 15.0 Å². The topological polar surface area (TPSA) is 44.5 Å². The van der Waals surface area contributed by atoms with Gasteiger partial charge in [-0.1, -0.05) is 6.07 Å². The van der Waals surface area contributed by atoms with Crippen molar-refractivity contribution in [1.82, 2.24) is 0 Å². The van der Waals surface area contributed by atoms with Gasteiger partial charge in [0.25, 0.3) is 0 Å². The second kappa shape index (κ2) is 5.21. The predicted octanol–water partition coefficient (Wildman–Crippen LogP) is 3.48. The van der Waals surface area contributed by atoms with Gasteiger partial charge < -0.3 is 15.0 Å². The van der Waals surface area contributed by atoms with Crippen molar-refractivity contribution in [2.24, 2.45) is 5.73 Å². The first-order chi connectivity index (χ1) is 9.85. The average Bonchev–Trinajstić information content (AvgIpc) is 2.56. The van der Waals surface area contributed by atoms with Crippen molar-refractivity contribution in [1.29, 1.82) is 0 Å². The third-order valence-electron chi connectivity index (χ3n) is 4.25. The number of benzene rings is 1. The SMILES string of the molecule is CC1(C)OB([C@H](N)c2ccc(C(F)(F)F)cc2F)OC1(C)C. The van der Waals surface area contributed by atoms with Crippen LogP contribution in [0.3, 0.4) is 0 Å². The smallest absolute Gasteiger partial charge is 0.402 e. The standard InChI is InChI=1S/C14H18BF4NO2/c1-12(2)13(3,4)22-15(21-12)11(20)9-6-5-8(7-10(9)16)14(17,18)19/h5-7,11H,20H2,1-4H3/t11-/m1/s1. The number of hydrogen-bond acceptors (Lipinski definition) is 3. The lowest BCUT2D eigenvalue weighted by Crippen LogP contribution is -2.41. The summed E-state index contributed by atoms with van der Waals surface area (Å²) in [5.41, 5.74) is 3.48. The molecule has 0 unspecified atom stereocenters. The van der Waals surface area contributed by atoms with Crippen molar-refractivity contribution in [3.8, 4) is 0 Å². The predicted molar refractivity (Wildman–Crippen MR) is 74.4 cm³/mol. The maximum atomic E-state index is 14.0. The quantitative estimate of drug-likeness (QED) is 0.670. The maximum Gasteiger partial charge on any atom is 0.480 e. The Morgan fingerprint density at radius 2 is 1.59 bits per heavy atom. The van der Waals surface area contributed by atoms with E-state index >= 15 is 0 Å². The molecule has 0 radical (unpaired) electrons. The average molecular weight is 319 g/mol. The molecule has 0 aliphatic carbocycles. The molecule has 1 fully saturated rings. The van der Waals surface area contributed by atoms with Crippen LogP contribution in [0.4, 0.5) is 17.6 Å². The van der Waals surface area contributed by atoms with E-state index in [2.05, 4.69) is 0 Å². The van der Waals surface area contributed by atoms with Crippen LogP contribution in [0.5, 0.6) is 0 Å². The van der Waals surface area contributed by atoms with Crippen LogP contribution in [0.25, 0.3) is 0 Å². The van der Waals surface area contributed by atoms with Crippen molar-refractivity contribution in [2.75, 3.05) is 0 Å². The van der Waals surface area contributed by atoms with Gasteiger partial charge in [0.05, 0.1) is 22.7 Å². The Morgan fingerprint density at radius 1 is 1.09 bits per heavy atom. The molecule has 8 heteroatoms. The van der Waals surface area contributed by atoms with Gasteiger partial charge in [-0.2, -0.15) is 13.2 Å². The summed E-state index contributed by atoms with van der Waals surface area (Å²) < 4.78 is 63.0. The van der Waals surface area contributed by atoms with Crippen molar-refractivity contribution in [2.45, 2.75) is 51.0 Å². The highest BCUT2D eigenvalue weighted by Gasteiger charge is 2.53. The molecule has 122 valence electrons. The van der Waals surface area contributed by atoms with E-state index in [1.807, 2.05) is 27.7 Å². The van der Waals surface area contributed by atoms with E-state index in [-0.39, 0.29) is 5.56 Å². The van der Waals surface area contributed by atoms with Crippen molar-refractivity contribution in [3.63, 3.8) is 0 Å². The summed E-state index contributed by atoms with van der Waals surface area (Å²) in [4.78, 5) is 0. The molecule has 1 aromatic rings. The summed E-state index contributed by atoms with van der Waals surface area (Å²) >= 11 is 0. The molecule has 0 bridgehead atoms. The Morgan fingerprint density at radius 3 is 2.00 bits per heavy atom. The molecular weight excluding hydrogens is 301 g/mol. The molecular formula is C14H18BF4NO2. The minimum absolute atomic E-state index is 0.0773. The Bertz CT molecular complexity index is 558. The van der Waals surface area contributed by atoms with E-state index in [1.54, 1.807) is 0 Å². The summed E-state index contributed by atoms with van der Waals surface area (Å²) in [5, 5.41) is 0. The molecule has 1 aliphatic heterocycles. The molecule has 0 amide bonds. The van der Waals surface area contributed by atoms with Crippen LogP contribution in [-0.4, -0.2) is 18.3 Å². The van der Waals surface area contributed by atoms with Crippen LogP contribution in [-0.2, 0) is 15.5 Å². The minimum atomic E-state index is -4.60. The molecule has 1 aliphatic rings. The number of alkyl halides is 3. The van der Waals surface area contributed by atoms with Crippen molar-refractivity contribution >= 4 is 7.12 Å². The van der Waals surface area contributed by atoms with Gasteiger partial charge >= 0.3 is 13.3 Å². The first-order valence-corrected chi connectivity index (χ1v) is 6.83. The van der Waals surface area contributed by atoms with Crippen LogP contribution >= 0.6 is 0 Å². The summed E-state index contributed by atoms with van der Waals surface area (Å²) in [6.45, 7) is 7.23. The summed E-state index contributed by atoms with van der Waals surface area (Å²) in [6.07, 6.45) is -4.60. The van der Waals surface area contributed by atoms with Crippen LogP contribution in [0.15, 0.2) is 18.2 Å². The van der Waals surface area contributed by atoms with Gasteiger partial charge in [0, 0.05) is 5.56 Å². The second-order valence-electron chi connectivity index (χ2n) is 6.38. The fraction of sp³-hybridized carbons (Fsp3) is 0.571. The summed E-state index contributed by atoms with van der Waals surface area (Å²) in [5.74, 6) is -2.06. The molecule has 1 atom stereocenters. The molecule has 2 rings (SSSR count). The fourth-order valence-corrected chi connectivity index (χ4v) is 2.16. The van der Waals surface area contributed by atoms with Gasteiger partial charge in [-0.25, -0.2) is 4.39 Å². The van der Waals surface area contributed by atoms with Gasteiger partial charge in [0.15, 0.2) is 0 Å². The van der Waals surface area contributed by atoms with E-state index in [9.17, 15) is 17.6 Å². The van der Waals surface area contributed by atoms with Crippen LogP contribution in [0, 0.1) is 5.82 Å². The first-order valence-electron chi connectivity index (χ1n) is 6.83. The van der Waals surface area contributed by atoms with E-state index in [0.717, 1.165) is 12.1 Å². The number of rotatable bonds is 2. The van der Waals surface area contributed by atoms with Gasteiger partial charge in [-0.15, -0.1) is 0 Å². The molecule has 0 saturated carbocycles. The normalized spacial score (nSPS) is 22.0. The third kappa shape index (κ3) is 3.00. The number of hydrogen-bond donors (Lipinski definition) is 1. The van der Waals surface area contributed by atoms with Crippen LogP contribution in [0.1, 0.15) is 44.8 Å². The molecule has 22 heavy (non-hydrogen) atoms. The zero-order valence-electron chi connectivity index (χ0n) is 12.8. The van der Waals surface area contributed by atoms with Gasteiger partial charge in [0.1, 0.15) is 5.82 Å². The zero-order valence-corrected chi connectivity index (χ0v) is 12.8. The summed E-state index contributed by atoms with van der Waals surface area (Å²) in [6, 6.07) is 2.25. The van der Waals surface area contributed by atoms with Crippen molar-refractivity contribution in [3.05, 3.63) is 35.1 Å². The minimum Gasteiger partial charge on any atom is -0.402 e. The Hall–Kier alpha value is -1.12. The molecule has 1 aromatic carbocycles. The molecule has 0 aromatic heterocycles. The van der Waals surface area contributed by atoms with Gasteiger partial charge in [-0.05, 0) is 39.8 Å². The van der Waals surface area contributed by atoms with Crippen LogP contribution < -0.4 is 5.73 Å². The lowest BCUT2D eigenvalue weighted by atomic mass is 9.74. The zero-order chi connectivity index (χ0) is 16.9. The Balaban J connectivity index is 2.26. The highest BCUT2D eigenvalue weighted by atomic mass is 19.4. The molecule has 1 saturated heterocycles. The molecule has 1 heterocycles. The van der Waals surface area contributed by atoms with Crippen molar-refractivity contribution < 1.29 is 26.9 Å². The van der Waals surface area contributed by atoms with E-state index in [1.165, 1.54) is 0 Å². The highest BCUT2D eigenvalue weighted by Crippen LogP contribution is 2.40. The van der Waals surface area contributed by atoms with Gasteiger partial charge in [0.2, 0.25) is 0 Å². The Labute approximate surface area is 126 Å². The summed E-state index contributed by atoms with van der Waals surface area (Å²) in [7, 11) is -0.934. The third-order valence-corrected chi connectivity index (χ3v) is 4.25. The number of halogens is 4. The monoisotopic (exact) mass is 319 g/mol. The Kier molecular flexibility index (Phi) is 4.09. The fourth-order valence-electron chi connectivity index (χ4n) is 2.16.